The monoisotopic (exact) mass is 311 g/mol. The number of benzene rings is 1. The van der Waals surface area contributed by atoms with Crippen molar-refractivity contribution in [2.75, 3.05) is 0 Å². The molecule has 2 aromatic rings. The third-order valence-corrected chi connectivity index (χ3v) is 3.27. The van der Waals surface area contributed by atoms with Crippen molar-refractivity contribution in [3.05, 3.63) is 75.6 Å². The Balaban J connectivity index is 1.97. The number of rotatable bonds is 5. The first kappa shape index (κ1) is 16.4. The van der Waals surface area contributed by atoms with E-state index in [0.717, 1.165) is 11.3 Å². The number of amides is 1. The molecule has 23 heavy (non-hydrogen) atoms. The van der Waals surface area contributed by atoms with Crippen LogP contribution < -0.4 is 5.32 Å². The smallest absolute Gasteiger partial charge is 0.269 e. The molecule has 0 saturated carbocycles. The lowest BCUT2D eigenvalue weighted by atomic mass is 10.1. The van der Waals surface area contributed by atoms with E-state index in [4.69, 9.17) is 0 Å². The maximum Gasteiger partial charge on any atom is 0.269 e. The lowest BCUT2D eigenvalue weighted by Gasteiger charge is -2.12. The number of nitro benzene ring substituents is 1. The van der Waals surface area contributed by atoms with Crippen molar-refractivity contribution >= 4 is 17.7 Å². The van der Waals surface area contributed by atoms with Crippen LogP contribution >= 0.6 is 0 Å². The molecule has 118 valence electrons. The summed E-state index contributed by atoms with van der Waals surface area (Å²) < 4.78 is 0. The van der Waals surface area contributed by atoms with Gasteiger partial charge in [-0.2, -0.15) is 0 Å². The first-order valence-corrected chi connectivity index (χ1v) is 7.11. The number of aromatic nitrogens is 1. The first-order valence-electron chi connectivity index (χ1n) is 7.11. The molecule has 0 aliphatic carbocycles. The summed E-state index contributed by atoms with van der Waals surface area (Å²) in [7, 11) is 0. The predicted molar refractivity (Wildman–Crippen MR) is 87.7 cm³/mol. The van der Waals surface area contributed by atoms with E-state index in [2.05, 4.69) is 10.3 Å². The lowest BCUT2D eigenvalue weighted by molar-refractivity contribution is -0.384. The van der Waals surface area contributed by atoms with Crippen molar-refractivity contribution in [3.8, 4) is 0 Å². The summed E-state index contributed by atoms with van der Waals surface area (Å²) in [4.78, 5) is 26.3. The third kappa shape index (κ3) is 4.74. The Morgan fingerprint density at radius 2 is 2.00 bits per heavy atom. The van der Waals surface area contributed by atoms with Gasteiger partial charge in [-0.05, 0) is 55.3 Å². The molecule has 0 spiro atoms. The number of non-ortho nitro benzene ring substituents is 1. The summed E-state index contributed by atoms with van der Waals surface area (Å²) in [5.41, 5.74) is 2.61. The molecule has 0 aliphatic heterocycles. The number of pyridine rings is 1. The summed E-state index contributed by atoms with van der Waals surface area (Å²) in [6.07, 6.45) is 4.71. The zero-order valence-electron chi connectivity index (χ0n) is 12.9. The standard InChI is InChI=1S/C17H17N3O3/c1-12-9-10-18-16(11-12)13(2)19-17(21)8-5-14-3-6-15(7-4-14)20(22)23/h3-11,13H,1-2H3,(H,19,21). The van der Waals surface area contributed by atoms with Crippen molar-refractivity contribution in [2.24, 2.45) is 0 Å². The number of aryl methyl sites for hydroxylation is 1. The fraction of sp³-hybridized carbons (Fsp3) is 0.176. The molecule has 1 atom stereocenters. The SMILES string of the molecule is Cc1ccnc(C(C)NC(=O)C=Cc2ccc([N+](=O)[O-])cc2)c1. The number of hydrogen-bond acceptors (Lipinski definition) is 4. The molecule has 2 rings (SSSR count). The van der Waals surface area contributed by atoms with E-state index in [-0.39, 0.29) is 17.6 Å². The number of nitro groups is 1. The topological polar surface area (TPSA) is 85.1 Å². The average molecular weight is 311 g/mol. The van der Waals surface area contributed by atoms with E-state index in [1.807, 2.05) is 26.0 Å². The molecule has 0 bridgehead atoms. The van der Waals surface area contributed by atoms with Gasteiger partial charge in [0.15, 0.2) is 0 Å². The van der Waals surface area contributed by atoms with Crippen molar-refractivity contribution in [1.29, 1.82) is 0 Å². The van der Waals surface area contributed by atoms with Gasteiger partial charge in [0.25, 0.3) is 5.69 Å². The Bertz CT molecular complexity index is 739. The zero-order valence-corrected chi connectivity index (χ0v) is 12.9. The summed E-state index contributed by atoms with van der Waals surface area (Å²) >= 11 is 0. The molecule has 0 aliphatic rings. The molecule has 1 aromatic carbocycles. The summed E-state index contributed by atoms with van der Waals surface area (Å²) in [5, 5.41) is 13.4. The number of carbonyl (C=O) groups excluding carboxylic acids is 1. The Kier molecular flexibility index (Phi) is 5.19. The number of carbonyl (C=O) groups is 1. The second kappa shape index (κ2) is 7.31. The van der Waals surface area contributed by atoms with Crippen LogP contribution in [0.2, 0.25) is 0 Å². The third-order valence-electron chi connectivity index (χ3n) is 3.27. The van der Waals surface area contributed by atoms with E-state index in [1.54, 1.807) is 24.4 Å². The van der Waals surface area contributed by atoms with E-state index < -0.39 is 4.92 Å². The van der Waals surface area contributed by atoms with Crippen LogP contribution in [0.5, 0.6) is 0 Å². The molecular formula is C17H17N3O3. The first-order chi connectivity index (χ1) is 11.0. The van der Waals surface area contributed by atoms with Crippen molar-refractivity contribution in [1.82, 2.24) is 10.3 Å². The second-order valence-corrected chi connectivity index (χ2v) is 5.17. The van der Waals surface area contributed by atoms with Gasteiger partial charge in [-0.1, -0.05) is 0 Å². The van der Waals surface area contributed by atoms with Crippen molar-refractivity contribution < 1.29 is 9.72 Å². The molecule has 1 unspecified atom stereocenters. The van der Waals surface area contributed by atoms with Gasteiger partial charge >= 0.3 is 0 Å². The van der Waals surface area contributed by atoms with E-state index in [0.29, 0.717) is 5.56 Å². The van der Waals surface area contributed by atoms with Gasteiger partial charge in [0.05, 0.1) is 16.7 Å². The van der Waals surface area contributed by atoms with E-state index in [9.17, 15) is 14.9 Å². The molecule has 1 aromatic heterocycles. The number of nitrogens with zero attached hydrogens (tertiary/aromatic N) is 2. The van der Waals surface area contributed by atoms with Gasteiger partial charge in [0.2, 0.25) is 5.91 Å². The summed E-state index contributed by atoms with van der Waals surface area (Å²) in [6, 6.07) is 9.59. The molecular weight excluding hydrogens is 294 g/mol. The van der Waals surface area contributed by atoms with Gasteiger partial charge in [-0.3, -0.25) is 19.9 Å². The van der Waals surface area contributed by atoms with Gasteiger partial charge in [0.1, 0.15) is 0 Å². The zero-order chi connectivity index (χ0) is 16.8. The molecule has 6 heteroatoms. The van der Waals surface area contributed by atoms with Crippen LogP contribution in [0.3, 0.4) is 0 Å². The molecule has 1 amide bonds. The highest BCUT2D eigenvalue weighted by atomic mass is 16.6. The van der Waals surface area contributed by atoms with Crippen LogP contribution in [0.25, 0.3) is 6.08 Å². The molecule has 0 saturated heterocycles. The Hall–Kier alpha value is -3.02. The normalized spacial score (nSPS) is 12.1. The highest BCUT2D eigenvalue weighted by Crippen LogP contribution is 2.13. The maximum absolute atomic E-state index is 11.9. The van der Waals surface area contributed by atoms with Crippen LogP contribution in [0.15, 0.2) is 48.7 Å². The second-order valence-electron chi connectivity index (χ2n) is 5.17. The van der Waals surface area contributed by atoms with Crippen LogP contribution in [0.1, 0.15) is 29.8 Å². The largest absolute Gasteiger partial charge is 0.344 e. The Morgan fingerprint density at radius 3 is 2.61 bits per heavy atom. The van der Waals surface area contributed by atoms with Crippen LogP contribution in [-0.2, 0) is 4.79 Å². The molecule has 0 fully saturated rings. The van der Waals surface area contributed by atoms with Gasteiger partial charge in [0, 0.05) is 24.4 Å². The lowest BCUT2D eigenvalue weighted by Crippen LogP contribution is -2.25. The van der Waals surface area contributed by atoms with Crippen LogP contribution in [0.4, 0.5) is 5.69 Å². The number of nitrogens with one attached hydrogen (secondary N) is 1. The fourth-order valence-corrected chi connectivity index (χ4v) is 2.01. The molecule has 0 radical (unpaired) electrons. The summed E-state index contributed by atoms with van der Waals surface area (Å²) in [6.45, 7) is 3.83. The minimum atomic E-state index is -0.462. The predicted octanol–water partition coefficient (Wildman–Crippen LogP) is 3.19. The highest BCUT2D eigenvalue weighted by molar-refractivity contribution is 5.91. The molecule has 1 heterocycles. The minimum Gasteiger partial charge on any atom is -0.344 e. The van der Waals surface area contributed by atoms with Crippen LogP contribution in [0, 0.1) is 17.0 Å². The molecule has 1 N–H and O–H groups in total. The Labute approximate surface area is 134 Å². The minimum absolute atomic E-state index is 0.0192. The van der Waals surface area contributed by atoms with Crippen LogP contribution in [-0.4, -0.2) is 15.8 Å². The highest BCUT2D eigenvalue weighted by Gasteiger charge is 2.09. The average Bonchev–Trinajstić information content (AvgIpc) is 2.53. The van der Waals surface area contributed by atoms with Crippen molar-refractivity contribution in [3.63, 3.8) is 0 Å². The number of hydrogen-bond donors (Lipinski definition) is 1. The maximum atomic E-state index is 11.9. The quantitative estimate of drug-likeness (QED) is 0.522. The molecule has 6 nitrogen and oxygen atoms in total. The summed E-state index contributed by atoms with van der Waals surface area (Å²) in [5.74, 6) is -0.251. The van der Waals surface area contributed by atoms with Gasteiger partial charge in [-0.15, -0.1) is 0 Å². The van der Waals surface area contributed by atoms with Gasteiger partial charge < -0.3 is 5.32 Å². The van der Waals surface area contributed by atoms with Crippen molar-refractivity contribution in [2.45, 2.75) is 19.9 Å². The Morgan fingerprint density at radius 1 is 1.30 bits per heavy atom. The van der Waals surface area contributed by atoms with E-state index >= 15 is 0 Å². The van der Waals surface area contributed by atoms with E-state index in [1.165, 1.54) is 18.2 Å². The fourth-order valence-electron chi connectivity index (χ4n) is 2.01. The van der Waals surface area contributed by atoms with Gasteiger partial charge in [-0.25, -0.2) is 0 Å².